The van der Waals surface area contributed by atoms with E-state index < -0.39 is 0 Å². The number of methoxy groups -OCH3 is 1. The van der Waals surface area contributed by atoms with Crippen LogP contribution in [-0.2, 0) is 5.75 Å². The van der Waals surface area contributed by atoms with E-state index in [9.17, 15) is 0 Å². The van der Waals surface area contributed by atoms with E-state index in [0.717, 1.165) is 26.6 Å². The van der Waals surface area contributed by atoms with Crippen LogP contribution in [0.5, 0.6) is 5.75 Å². The second-order valence-corrected chi connectivity index (χ2v) is 5.57. The van der Waals surface area contributed by atoms with Crippen LogP contribution in [0.15, 0.2) is 51.8 Å². The monoisotopic (exact) mass is 323 g/mol. The molecule has 0 heterocycles. The van der Waals surface area contributed by atoms with Crippen molar-refractivity contribution < 1.29 is 4.74 Å². The van der Waals surface area contributed by atoms with Gasteiger partial charge in [0.25, 0.3) is 0 Å². The minimum Gasteiger partial charge on any atom is -0.496 e. The van der Waals surface area contributed by atoms with Crippen molar-refractivity contribution in [2.45, 2.75) is 10.6 Å². The largest absolute Gasteiger partial charge is 0.496 e. The van der Waals surface area contributed by atoms with Gasteiger partial charge in [0.15, 0.2) is 0 Å². The molecule has 18 heavy (non-hydrogen) atoms. The van der Waals surface area contributed by atoms with E-state index >= 15 is 0 Å². The molecule has 0 fully saturated rings. The summed E-state index contributed by atoms with van der Waals surface area (Å²) in [6, 6.07) is 13.9. The van der Waals surface area contributed by atoms with Gasteiger partial charge in [-0.25, -0.2) is 0 Å². The summed E-state index contributed by atoms with van der Waals surface area (Å²) in [5, 5.41) is 0. The fraction of sp³-hybridized carbons (Fsp3) is 0.143. The molecule has 4 heteroatoms. The second kappa shape index (κ2) is 6.16. The third-order valence-electron chi connectivity index (χ3n) is 2.56. The topological polar surface area (TPSA) is 35.2 Å². The summed E-state index contributed by atoms with van der Waals surface area (Å²) in [7, 11) is 1.69. The molecule has 94 valence electrons. The first kappa shape index (κ1) is 13.3. The van der Waals surface area contributed by atoms with Crippen LogP contribution >= 0.6 is 27.7 Å². The lowest BCUT2D eigenvalue weighted by atomic mass is 10.2. The SMILES string of the molecule is COc1ccccc1SCc1cccc(N)c1Br. The second-order valence-electron chi connectivity index (χ2n) is 3.76. The Morgan fingerprint density at radius 3 is 2.72 bits per heavy atom. The number of thioether (sulfide) groups is 1. The van der Waals surface area contributed by atoms with E-state index in [1.54, 1.807) is 18.9 Å². The molecule has 0 aliphatic heterocycles. The molecule has 0 radical (unpaired) electrons. The summed E-state index contributed by atoms with van der Waals surface area (Å²) < 4.78 is 6.31. The molecule has 0 spiro atoms. The first-order valence-electron chi connectivity index (χ1n) is 5.51. The molecule has 0 aliphatic rings. The molecule has 2 aromatic rings. The van der Waals surface area contributed by atoms with Crippen molar-refractivity contribution >= 4 is 33.4 Å². The number of hydrogen-bond acceptors (Lipinski definition) is 3. The maximum Gasteiger partial charge on any atom is 0.132 e. The van der Waals surface area contributed by atoms with Crippen LogP contribution in [0, 0.1) is 0 Å². The van der Waals surface area contributed by atoms with Crippen molar-refractivity contribution in [1.82, 2.24) is 0 Å². The number of anilines is 1. The average Bonchev–Trinajstić information content (AvgIpc) is 2.41. The van der Waals surface area contributed by atoms with E-state index in [4.69, 9.17) is 10.5 Å². The van der Waals surface area contributed by atoms with Gasteiger partial charge in [-0.2, -0.15) is 0 Å². The zero-order valence-corrected chi connectivity index (χ0v) is 12.4. The standard InChI is InChI=1S/C14H14BrNOS/c1-17-12-7-2-3-8-13(12)18-9-10-5-4-6-11(16)14(10)15/h2-8H,9,16H2,1H3. The Labute approximate surface area is 120 Å². The van der Waals surface area contributed by atoms with Gasteiger partial charge >= 0.3 is 0 Å². The number of halogens is 1. The number of hydrogen-bond donors (Lipinski definition) is 1. The molecular formula is C14H14BrNOS. The Morgan fingerprint density at radius 1 is 1.17 bits per heavy atom. The van der Waals surface area contributed by atoms with Crippen molar-refractivity contribution in [2.75, 3.05) is 12.8 Å². The van der Waals surface area contributed by atoms with Crippen LogP contribution < -0.4 is 10.5 Å². The minimum atomic E-state index is 0.771. The Kier molecular flexibility index (Phi) is 4.55. The van der Waals surface area contributed by atoms with E-state index in [0.29, 0.717) is 0 Å². The summed E-state index contributed by atoms with van der Waals surface area (Å²) in [6.45, 7) is 0. The maximum absolute atomic E-state index is 5.86. The lowest BCUT2D eigenvalue weighted by Crippen LogP contribution is -1.91. The Bertz CT molecular complexity index is 545. The van der Waals surface area contributed by atoms with Crippen molar-refractivity contribution in [3.05, 3.63) is 52.5 Å². The lowest BCUT2D eigenvalue weighted by molar-refractivity contribution is 0.405. The van der Waals surface area contributed by atoms with E-state index in [1.807, 2.05) is 30.3 Å². The third kappa shape index (κ3) is 3.00. The van der Waals surface area contributed by atoms with Gasteiger partial charge in [-0.15, -0.1) is 11.8 Å². The minimum absolute atomic E-state index is 0.771. The van der Waals surface area contributed by atoms with Crippen molar-refractivity contribution in [3.63, 3.8) is 0 Å². The van der Waals surface area contributed by atoms with Crippen LogP contribution in [0.2, 0.25) is 0 Å². The zero-order valence-electron chi connectivity index (χ0n) is 10.0. The van der Waals surface area contributed by atoms with Crippen molar-refractivity contribution in [2.24, 2.45) is 0 Å². The number of benzene rings is 2. The van der Waals surface area contributed by atoms with Gasteiger partial charge in [-0.05, 0) is 39.7 Å². The molecule has 0 aliphatic carbocycles. The summed E-state index contributed by atoms with van der Waals surface area (Å²) >= 11 is 5.26. The Morgan fingerprint density at radius 2 is 1.94 bits per heavy atom. The van der Waals surface area contributed by atoms with Crippen LogP contribution in [0.25, 0.3) is 0 Å². The highest BCUT2D eigenvalue weighted by Crippen LogP contribution is 2.34. The quantitative estimate of drug-likeness (QED) is 0.671. The van der Waals surface area contributed by atoms with E-state index in [-0.39, 0.29) is 0 Å². The normalized spacial score (nSPS) is 10.3. The number of nitrogen functional groups attached to an aromatic ring is 1. The molecule has 0 amide bonds. The molecule has 0 saturated heterocycles. The average molecular weight is 324 g/mol. The molecular weight excluding hydrogens is 310 g/mol. The first-order valence-corrected chi connectivity index (χ1v) is 7.29. The lowest BCUT2D eigenvalue weighted by Gasteiger charge is -2.09. The number of ether oxygens (including phenoxy) is 1. The molecule has 0 bridgehead atoms. The number of nitrogens with two attached hydrogens (primary N) is 1. The zero-order chi connectivity index (χ0) is 13.0. The van der Waals surface area contributed by atoms with Gasteiger partial charge in [0.05, 0.1) is 7.11 Å². The number of para-hydroxylation sites is 1. The Hall–Kier alpha value is -1.13. The van der Waals surface area contributed by atoms with Gasteiger partial charge < -0.3 is 10.5 Å². The Balaban J connectivity index is 2.14. The molecule has 0 atom stereocenters. The van der Waals surface area contributed by atoms with Crippen LogP contribution in [0.1, 0.15) is 5.56 Å². The smallest absolute Gasteiger partial charge is 0.132 e. The van der Waals surface area contributed by atoms with Gasteiger partial charge in [-0.3, -0.25) is 0 Å². The molecule has 2 nitrogen and oxygen atoms in total. The summed E-state index contributed by atoms with van der Waals surface area (Å²) in [5.41, 5.74) is 7.82. The van der Waals surface area contributed by atoms with E-state index in [1.165, 1.54) is 5.56 Å². The third-order valence-corrected chi connectivity index (χ3v) is 4.63. The highest BCUT2D eigenvalue weighted by Gasteiger charge is 2.06. The predicted molar refractivity (Wildman–Crippen MR) is 81.1 cm³/mol. The van der Waals surface area contributed by atoms with Gasteiger partial charge in [0.2, 0.25) is 0 Å². The molecule has 0 unspecified atom stereocenters. The fourth-order valence-electron chi connectivity index (χ4n) is 1.60. The van der Waals surface area contributed by atoms with E-state index in [2.05, 4.69) is 28.1 Å². The van der Waals surface area contributed by atoms with Crippen LogP contribution in [0.3, 0.4) is 0 Å². The highest BCUT2D eigenvalue weighted by molar-refractivity contribution is 9.10. The highest BCUT2D eigenvalue weighted by atomic mass is 79.9. The van der Waals surface area contributed by atoms with Crippen molar-refractivity contribution in [3.8, 4) is 5.75 Å². The molecule has 2 rings (SSSR count). The summed E-state index contributed by atoms with van der Waals surface area (Å²) in [5.74, 6) is 1.76. The molecule has 0 aromatic heterocycles. The van der Waals surface area contributed by atoms with Crippen molar-refractivity contribution in [1.29, 1.82) is 0 Å². The number of rotatable bonds is 4. The first-order chi connectivity index (χ1) is 8.72. The molecule has 2 aromatic carbocycles. The molecule has 2 N–H and O–H groups in total. The van der Waals surface area contributed by atoms with Crippen LogP contribution in [0.4, 0.5) is 5.69 Å². The van der Waals surface area contributed by atoms with Crippen LogP contribution in [-0.4, -0.2) is 7.11 Å². The van der Waals surface area contributed by atoms with Gasteiger partial charge in [-0.1, -0.05) is 24.3 Å². The summed E-state index contributed by atoms with van der Waals surface area (Å²) in [4.78, 5) is 1.13. The fourth-order valence-corrected chi connectivity index (χ4v) is 3.21. The summed E-state index contributed by atoms with van der Waals surface area (Å²) in [6.07, 6.45) is 0. The van der Waals surface area contributed by atoms with Gasteiger partial charge in [0, 0.05) is 20.8 Å². The van der Waals surface area contributed by atoms with Gasteiger partial charge in [0.1, 0.15) is 5.75 Å². The maximum atomic E-state index is 5.86. The molecule has 0 saturated carbocycles. The predicted octanol–water partition coefficient (Wildman–Crippen LogP) is 4.33.